The van der Waals surface area contributed by atoms with Gasteiger partial charge in [-0.05, 0) is 23.8 Å². The van der Waals surface area contributed by atoms with Crippen LogP contribution in [0.25, 0.3) is 5.65 Å². The predicted molar refractivity (Wildman–Crippen MR) is 83.5 cm³/mol. The summed E-state index contributed by atoms with van der Waals surface area (Å²) in [6.45, 7) is -0.481. The molecule has 1 unspecified atom stereocenters. The lowest BCUT2D eigenvalue weighted by Crippen LogP contribution is -2.27. The summed E-state index contributed by atoms with van der Waals surface area (Å²) >= 11 is 0. The van der Waals surface area contributed by atoms with E-state index in [9.17, 15) is 13.2 Å². The highest BCUT2D eigenvalue weighted by atomic mass is 19.3. The molecule has 1 aliphatic rings. The number of nitrogen functional groups attached to an aromatic ring is 1. The highest BCUT2D eigenvalue weighted by Gasteiger charge is 2.46. The number of hydrogen-bond acceptors (Lipinski definition) is 4. The van der Waals surface area contributed by atoms with Crippen LogP contribution in [-0.4, -0.2) is 27.1 Å². The molecule has 1 aromatic carbocycles. The molecule has 0 aliphatic carbocycles. The lowest BCUT2D eigenvalue weighted by Gasteiger charge is -2.25. The van der Waals surface area contributed by atoms with E-state index in [0.717, 1.165) is 0 Å². The Morgan fingerprint density at radius 1 is 1.25 bits per heavy atom. The van der Waals surface area contributed by atoms with Crippen molar-refractivity contribution in [1.29, 1.82) is 0 Å². The zero-order chi connectivity index (χ0) is 16.9. The molecule has 0 amide bonds. The fourth-order valence-electron chi connectivity index (χ4n) is 3.11. The maximum Gasteiger partial charge on any atom is 0.267 e. The van der Waals surface area contributed by atoms with Gasteiger partial charge in [0.25, 0.3) is 5.92 Å². The van der Waals surface area contributed by atoms with Gasteiger partial charge in [-0.2, -0.15) is 5.10 Å². The van der Waals surface area contributed by atoms with Gasteiger partial charge < -0.3 is 10.6 Å². The smallest absolute Gasteiger partial charge is 0.267 e. The monoisotopic (exact) mass is 333 g/mol. The second-order valence-electron chi connectivity index (χ2n) is 5.91. The fraction of sp³-hybridized carbons (Fsp3) is 0.250. The molecule has 1 fully saturated rings. The molecule has 0 spiro atoms. The molecule has 1 atom stereocenters. The second kappa shape index (κ2) is 5.12. The summed E-state index contributed by atoms with van der Waals surface area (Å²) in [4.78, 5) is 5.84. The van der Waals surface area contributed by atoms with Gasteiger partial charge in [-0.1, -0.05) is 12.1 Å². The maximum absolute atomic E-state index is 14.0. The summed E-state index contributed by atoms with van der Waals surface area (Å²) in [5.41, 5.74) is 7.07. The summed E-state index contributed by atoms with van der Waals surface area (Å²) in [5.74, 6) is -2.97. The van der Waals surface area contributed by atoms with Gasteiger partial charge in [0.15, 0.2) is 5.65 Å². The van der Waals surface area contributed by atoms with Crippen molar-refractivity contribution in [3.8, 4) is 0 Å². The van der Waals surface area contributed by atoms with Crippen LogP contribution in [0, 0.1) is 5.82 Å². The van der Waals surface area contributed by atoms with Crippen molar-refractivity contribution < 1.29 is 13.2 Å². The summed E-state index contributed by atoms with van der Waals surface area (Å²) in [6, 6.07) is 6.68. The molecule has 0 radical (unpaired) electrons. The quantitative estimate of drug-likeness (QED) is 0.783. The van der Waals surface area contributed by atoms with Crippen LogP contribution in [0.2, 0.25) is 0 Å². The average molecular weight is 333 g/mol. The summed E-state index contributed by atoms with van der Waals surface area (Å²) in [5, 5.41) is 4.02. The highest BCUT2D eigenvalue weighted by molar-refractivity contribution is 5.65. The van der Waals surface area contributed by atoms with Crippen LogP contribution >= 0.6 is 0 Å². The Kier molecular flexibility index (Phi) is 3.16. The molecule has 1 saturated heterocycles. The van der Waals surface area contributed by atoms with Crippen molar-refractivity contribution in [2.75, 3.05) is 17.2 Å². The Bertz CT molecular complexity index is 908. The van der Waals surface area contributed by atoms with Crippen molar-refractivity contribution in [3.63, 3.8) is 0 Å². The molecule has 1 aliphatic heterocycles. The molecular weight excluding hydrogens is 319 g/mol. The number of nitrogens with zero attached hydrogens (tertiary/aromatic N) is 4. The fourth-order valence-corrected chi connectivity index (χ4v) is 3.11. The van der Waals surface area contributed by atoms with Gasteiger partial charge in [0, 0.05) is 12.6 Å². The van der Waals surface area contributed by atoms with E-state index in [-0.39, 0.29) is 0 Å². The molecule has 3 heterocycles. The van der Waals surface area contributed by atoms with Gasteiger partial charge in [0.05, 0.1) is 24.5 Å². The molecule has 0 bridgehead atoms. The summed E-state index contributed by atoms with van der Waals surface area (Å²) < 4.78 is 43.1. The van der Waals surface area contributed by atoms with Gasteiger partial charge in [0.1, 0.15) is 11.6 Å². The van der Waals surface area contributed by atoms with Gasteiger partial charge in [-0.3, -0.25) is 0 Å². The number of alkyl halides is 2. The first-order valence-corrected chi connectivity index (χ1v) is 7.43. The molecule has 24 heavy (non-hydrogen) atoms. The lowest BCUT2D eigenvalue weighted by atomic mass is 10.0. The number of rotatable bonds is 2. The van der Waals surface area contributed by atoms with Gasteiger partial charge in [0.2, 0.25) is 0 Å². The first-order chi connectivity index (χ1) is 11.4. The number of aromatic nitrogens is 3. The third-order valence-corrected chi connectivity index (χ3v) is 4.18. The minimum absolute atomic E-state index is 0.362. The Labute approximate surface area is 135 Å². The first kappa shape index (κ1) is 14.8. The minimum Gasteiger partial charge on any atom is -0.394 e. The van der Waals surface area contributed by atoms with Crippen LogP contribution in [0.1, 0.15) is 18.0 Å². The number of benzene rings is 1. The van der Waals surface area contributed by atoms with Crippen molar-refractivity contribution in [2.24, 2.45) is 0 Å². The Balaban J connectivity index is 1.79. The molecule has 3 aromatic rings. The zero-order valence-electron chi connectivity index (χ0n) is 12.5. The van der Waals surface area contributed by atoms with Crippen molar-refractivity contribution in [3.05, 3.63) is 54.1 Å². The maximum atomic E-state index is 14.0. The van der Waals surface area contributed by atoms with Gasteiger partial charge in [-0.15, -0.1) is 0 Å². The van der Waals surface area contributed by atoms with E-state index in [1.807, 2.05) is 0 Å². The van der Waals surface area contributed by atoms with Crippen LogP contribution in [0.4, 0.5) is 24.7 Å². The van der Waals surface area contributed by atoms with E-state index in [1.165, 1.54) is 33.8 Å². The lowest BCUT2D eigenvalue weighted by molar-refractivity contribution is 0.0222. The molecular formula is C16H14F3N5. The number of anilines is 2. The second-order valence-corrected chi connectivity index (χ2v) is 5.91. The average Bonchev–Trinajstić information content (AvgIpc) is 3.07. The topological polar surface area (TPSA) is 59.4 Å². The Hall–Kier alpha value is -2.77. The molecule has 124 valence electrons. The Morgan fingerprint density at radius 2 is 2.08 bits per heavy atom. The molecule has 5 nitrogen and oxygen atoms in total. The van der Waals surface area contributed by atoms with Crippen LogP contribution in [-0.2, 0) is 0 Å². The minimum atomic E-state index is -2.88. The van der Waals surface area contributed by atoms with Crippen LogP contribution in [0.5, 0.6) is 0 Å². The standard InChI is InChI=1S/C16H14F3N5/c17-11-3-1-2-10(6-11)13-7-16(18,19)9-23(13)14-4-5-24-15(22-14)12(20)8-21-24/h1-6,8,13H,7,9,20H2. The largest absolute Gasteiger partial charge is 0.394 e. The van der Waals surface area contributed by atoms with Crippen molar-refractivity contribution >= 4 is 17.2 Å². The predicted octanol–water partition coefficient (Wildman–Crippen LogP) is 3.04. The van der Waals surface area contributed by atoms with E-state index in [2.05, 4.69) is 10.1 Å². The molecule has 2 N–H and O–H groups in total. The van der Waals surface area contributed by atoms with E-state index < -0.39 is 30.7 Å². The van der Waals surface area contributed by atoms with Gasteiger partial charge in [-0.25, -0.2) is 22.7 Å². The van der Waals surface area contributed by atoms with Gasteiger partial charge >= 0.3 is 0 Å². The molecule has 4 rings (SSSR count). The van der Waals surface area contributed by atoms with Crippen LogP contribution in [0.15, 0.2) is 42.7 Å². The number of hydrogen-bond donors (Lipinski definition) is 1. The molecule has 8 heteroatoms. The van der Waals surface area contributed by atoms with Crippen molar-refractivity contribution in [2.45, 2.75) is 18.4 Å². The van der Waals surface area contributed by atoms with E-state index in [4.69, 9.17) is 5.73 Å². The van der Waals surface area contributed by atoms with Crippen LogP contribution < -0.4 is 10.6 Å². The molecule has 2 aromatic heterocycles. The van der Waals surface area contributed by atoms with Crippen molar-refractivity contribution in [1.82, 2.24) is 14.6 Å². The Morgan fingerprint density at radius 3 is 2.88 bits per heavy atom. The third kappa shape index (κ3) is 2.44. The van der Waals surface area contributed by atoms with Crippen LogP contribution in [0.3, 0.4) is 0 Å². The SMILES string of the molecule is Nc1cnn2ccc(N3CC(F)(F)CC3c3cccc(F)c3)nc12. The zero-order valence-corrected chi connectivity index (χ0v) is 12.5. The number of fused-ring (bicyclic) bond motifs is 1. The third-order valence-electron chi connectivity index (χ3n) is 4.18. The highest BCUT2D eigenvalue weighted by Crippen LogP contribution is 2.43. The summed E-state index contributed by atoms with van der Waals surface area (Å²) in [6.07, 6.45) is 2.68. The number of nitrogens with two attached hydrogens (primary N) is 1. The van der Waals surface area contributed by atoms with E-state index >= 15 is 0 Å². The van der Waals surface area contributed by atoms with E-state index in [0.29, 0.717) is 22.7 Å². The van der Waals surface area contributed by atoms with E-state index in [1.54, 1.807) is 18.3 Å². The summed E-state index contributed by atoms with van der Waals surface area (Å²) in [7, 11) is 0. The normalized spacial score (nSPS) is 20.0. The first-order valence-electron chi connectivity index (χ1n) is 7.43. The molecule has 0 saturated carbocycles. The number of halogens is 3.